The summed E-state index contributed by atoms with van der Waals surface area (Å²) in [5.41, 5.74) is 7.65. The molecule has 9 nitrogen and oxygen atoms in total. The number of benzene rings is 3. The molecule has 0 bridgehead atoms. The molecule has 1 aromatic heterocycles. The third-order valence-corrected chi connectivity index (χ3v) is 7.45. The van der Waals surface area contributed by atoms with Crippen LogP contribution in [0.15, 0.2) is 66.2 Å². The zero-order valence-electron chi connectivity index (χ0n) is 22.6. The first kappa shape index (κ1) is 27.0. The van der Waals surface area contributed by atoms with Crippen LogP contribution >= 0.6 is 11.3 Å². The van der Waals surface area contributed by atoms with E-state index in [0.29, 0.717) is 34.6 Å². The van der Waals surface area contributed by atoms with Gasteiger partial charge in [-0.1, -0.05) is 12.1 Å². The van der Waals surface area contributed by atoms with Crippen molar-refractivity contribution in [2.75, 3.05) is 49.8 Å². The first-order valence-corrected chi connectivity index (χ1v) is 13.5. The molecule has 0 radical (unpaired) electrons. The Balaban J connectivity index is 1.56. The predicted molar refractivity (Wildman–Crippen MR) is 159 cm³/mol. The van der Waals surface area contributed by atoms with E-state index in [0.717, 1.165) is 33.7 Å². The third-order valence-electron chi connectivity index (χ3n) is 6.65. The molecule has 5 rings (SSSR count). The largest absolute Gasteiger partial charge is 0.465 e. The van der Waals surface area contributed by atoms with E-state index in [1.165, 1.54) is 18.4 Å². The fourth-order valence-corrected chi connectivity index (χ4v) is 5.31. The van der Waals surface area contributed by atoms with E-state index < -0.39 is 5.97 Å². The molecule has 10 heteroatoms. The van der Waals surface area contributed by atoms with Crippen LogP contribution in [-0.2, 0) is 14.3 Å². The summed E-state index contributed by atoms with van der Waals surface area (Å²) < 4.78 is 5.83. The average molecular weight is 556 g/mol. The van der Waals surface area contributed by atoms with E-state index in [9.17, 15) is 14.4 Å². The van der Waals surface area contributed by atoms with Gasteiger partial charge in [0.25, 0.3) is 5.91 Å². The second kappa shape index (κ2) is 11.3. The summed E-state index contributed by atoms with van der Waals surface area (Å²) in [6, 6.07) is 18.4. The lowest BCUT2D eigenvalue weighted by molar-refractivity contribution is -0.116. The Morgan fingerprint density at radius 1 is 1.00 bits per heavy atom. The number of ether oxygens (including phenoxy) is 1. The number of thiazole rings is 1. The molecular weight excluding hydrogens is 526 g/mol. The highest BCUT2D eigenvalue weighted by Crippen LogP contribution is 2.39. The zero-order chi connectivity index (χ0) is 28.4. The van der Waals surface area contributed by atoms with Crippen molar-refractivity contribution in [1.29, 1.82) is 0 Å². The molecule has 0 atom stereocenters. The second-order valence-electron chi connectivity index (χ2n) is 9.64. The van der Waals surface area contributed by atoms with Crippen molar-refractivity contribution in [3.05, 3.63) is 82.9 Å². The fourth-order valence-electron chi connectivity index (χ4n) is 4.59. The smallest absolute Gasteiger partial charge is 0.337 e. The van der Waals surface area contributed by atoms with Crippen molar-refractivity contribution in [1.82, 2.24) is 9.88 Å². The minimum Gasteiger partial charge on any atom is -0.465 e. The second-order valence-corrected chi connectivity index (χ2v) is 10.5. The van der Waals surface area contributed by atoms with E-state index in [1.54, 1.807) is 35.5 Å². The van der Waals surface area contributed by atoms with Crippen molar-refractivity contribution < 1.29 is 19.1 Å². The molecular formula is C30H29N5O4S. The van der Waals surface area contributed by atoms with Gasteiger partial charge in [0.2, 0.25) is 5.91 Å². The van der Waals surface area contributed by atoms with Gasteiger partial charge < -0.3 is 25.2 Å². The van der Waals surface area contributed by atoms with E-state index in [-0.39, 0.29) is 11.8 Å². The number of fused-ring (bicyclic) bond motifs is 2. The van der Waals surface area contributed by atoms with E-state index in [1.807, 2.05) is 61.5 Å². The first-order valence-electron chi connectivity index (χ1n) is 12.7. The lowest BCUT2D eigenvalue weighted by atomic mass is 9.99. The molecule has 0 saturated carbocycles. The number of likely N-dealkylation sites (N-methyl/N-ethyl adjacent to an activating group) is 1. The summed E-state index contributed by atoms with van der Waals surface area (Å²) >= 11 is 1.52. The van der Waals surface area contributed by atoms with Crippen LogP contribution in [0.5, 0.6) is 0 Å². The predicted octanol–water partition coefficient (Wildman–Crippen LogP) is 4.93. The molecule has 0 fully saturated rings. The highest BCUT2D eigenvalue weighted by Gasteiger charge is 2.29. The van der Waals surface area contributed by atoms with Gasteiger partial charge in [-0.2, -0.15) is 0 Å². The normalized spacial score (nSPS) is 13.7. The minimum atomic E-state index is -0.478. The Morgan fingerprint density at radius 3 is 2.45 bits per heavy atom. The van der Waals surface area contributed by atoms with Gasteiger partial charge >= 0.3 is 5.97 Å². The van der Waals surface area contributed by atoms with Crippen LogP contribution in [0.3, 0.4) is 0 Å². The zero-order valence-corrected chi connectivity index (χ0v) is 23.5. The van der Waals surface area contributed by atoms with Crippen LogP contribution in [0.4, 0.5) is 17.1 Å². The quantitative estimate of drug-likeness (QED) is 0.235. The van der Waals surface area contributed by atoms with Crippen molar-refractivity contribution in [3.8, 4) is 0 Å². The highest BCUT2D eigenvalue weighted by atomic mass is 32.1. The molecule has 1 aliphatic rings. The summed E-state index contributed by atoms with van der Waals surface area (Å²) in [4.78, 5) is 45.9. The van der Waals surface area contributed by atoms with E-state index >= 15 is 0 Å². The van der Waals surface area contributed by atoms with Crippen LogP contribution < -0.4 is 15.5 Å². The van der Waals surface area contributed by atoms with Crippen molar-refractivity contribution in [2.24, 2.45) is 0 Å². The van der Waals surface area contributed by atoms with Gasteiger partial charge in [-0.25, -0.2) is 9.78 Å². The molecule has 204 valence electrons. The van der Waals surface area contributed by atoms with Crippen LogP contribution in [0, 0.1) is 0 Å². The van der Waals surface area contributed by atoms with Crippen LogP contribution in [0.2, 0.25) is 0 Å². The van der Waals surface area contributed by atoms with Crippen molar-refractivity contribution in [3.63, 3.8) is 0 Å². The van der Waals surface area contributed by atoms with Gasteiger partial charge in [0.05, 0.1) is 45.4 Å². The maximum Gasteiger partial charge on any atom is 0.337 e. The number of anilines is 3. The van der Waals surface area contributed by atoms with Gasteiger partial charge in [-0.15, -0.1) is 11.3 Å². The molecule has 0 aliphatic carbocycles. The molecule has 1 aliphatic heterocycles. The standard InChI is InChI=1S/C30H29N5O4S/c1-18(36)35(14-13-34(2)3)22-9-7-21(8-10-22)32-28(19-6-12-24-26(16-19)40-17-31-24)27-23-11-5-20(30(38)39-4)15-25(23)33-29(27)37/h5-12,15-17,32H,13-14H2,1-4H3,(H,33,37)/b28-27-. The minimum absolute atomic E-state index is 0.0335. The summed E-state index contributed by atoms with van der Waals surface area (Å²) in [7, 11) is 5.26. The number of nitrogens with zero attached hydrogens (tertiary/aromatic N) is 3. The van der Waals surface area contributed by atoms with Gasteiger partial charge in [0.15, 0.2) is 0 Å². The molecule has 2 N–H and O–H groups in total. The number of carbonyl (C=O) groups is 3. The van der Waals surface area contributed by atoms with E-state index in [2.05, 4.69) is 15.6 Å². The third kappa shape index (κ3) is 5.45. The highest BCUT2D eigenvalue weighted by molar-refractivity contribution is 7.16. The molecule has 3 aromatic carbocycles. The van der Waals surface area contributed by atoms with Gasteiger partial charge in [0, 0.05) is 42.5 Å². The number of amides is 2. The van der Waals surface area contributed by atoms with Gasteiger partial charge in [-0.3, -0.25) is 9.59 Å². The van der Waals surface area contributed by atoms with Crippen molar-refractivity contribution in [2.45, 2.75) is 6.92 Å². The van der Waals surface area contributed by atoms with Crippen molar-refractivity contribution >= 4 is 67.7 Å². The topological polar surface area (TPSA) is 104 Å². The number of methoxy groups -OCH3 is 1. The van der Waals surface area contributed by atoms with Crippen LogP contribution in [-0.4, -0.2) is 62.0 Å². The van der Waals surface area contributed by atoms with Crippen LogP contribution in [0.1, 0.15) is 28.4 Å². The Hall–Kier alpha value is -4.54. The van der Waals surface area contributed by atoms with Crippen LogP contribution in [0.25, 0.3) is 21.5 Å². The summed E-state index contributed by atoms with van der Waals surface area (Å²) in [6.45, 7) is 2.87. The Bertz CT molecular complexity index is 1640. The molecule has 0 unspecified atom stereocenters. The monoisotopic (exact) mass is 555 g/mol. The van der Waals surface area contributed by atoms with Gasteiger partial charge in [-0.05, 0) is 62.6 Å². The number of aromatic nitrogens is 1. The Kier molecular flexibility index (Phi) is 7.63. The molecule has 0 spiro atoms. The summed E-state index contributed by atoms with van der Waals surface area (Å²) in [6.07, 6.45) is 0. The molecule has 2 amide bonds. The number of nitrogens with one attached hydrogen (secondary N) is 2. The lowest BCUT2D eigenvalue weighted by Crippen LogP contribution is -2.35. The average Bonchev–Trinajstić information content (AvgIpc) is 3.54. The first-order chi connectivity index (χ1) is 19.2. The maximum atomic E-state index is 13.4. The number of rotatable bonds is 8. The molecule has 2 heterocycles. The Labute approximate surface area is 236 Å². The number of hydrogen-bond acceptors (Lipinski definition) is 8. The fraction of sp³-hybridized carbons (Fsp3) is 0.200. The van der Waals surface area contributed by atoms with E-state index in [4.69, 9.17) is 4.74 Å². The summed E-state index contributed by atoms with van der Waals surface area (Å²) in [5, 5.41) is 6.35. The lowest BCUT2D eigenvalue weighted by Gasteiger charge is -2.23. The number of hydrogen-bond donors (Lipinski definition) is 2. The molecule has 4 aromatic rings. The summed E-state index contributed by atoms with van der Waals surface area (Å²) in [5.74, 6) is -0.797. The van der Waals surface area contributed by atoms with Gasteiger partial charge in [0.1, 0.15) is 0 Å². The maximum absolute atomic E-state index is 13.4. The number of carbonyl (C=O) groups excluding carboxylic acids is 3. The number of esters is 1. The molecule has 0 saturated heterocycles. The Morgan fingerprint density at radius 2 is 1.75 bits per heavy atom. The SMILES string of the molecule is COC(=O)c1ccc2c(c1)NC(=O)/C2=C(\Nc1ccc(N(CCN(C)C)C(C)=O)cc1)c1ccc2ncsc2c1. The molecule has 40 heavy (non-hydrogen) atoms.